The van der Waals surface area contributed by atoms with Gasteiger partial charge in [0.15, 0.2) is 0 Å². The number of methoxy groups -OCH3 is 1. The number of ether oxygens (including phenoxy) is 1. The molecule has 0 fully saturated rings. The van der Waals surface area contributed by atoms with Crippen molar-refractivity contribution in [3.05, 3.63) is 63.6 Å². The van der Waals surface area contributed by atoms with Crippen LogP contribution in [0, 0.1) is 6.92 Å². The zero-order valence-corrected chi connectivity index (χ0v) is 14.4. The summed E-state index contributed by atoms with van der Waals surface area (Å²) in [4.78, 5) is 0. The molecule has 0 amide bonds. The van der Waals surface area contributed by atoms with E-state index >= 15 is 0 Å². The molecule has 1 N–H and O–H groups in total. The van der Waals surface area contributed by atoms with Gasteiger partial charge in [-0.3, -0.25) is 0 Å². The third-order valence-electron chi connectivity index (χ3n) is 3.49. The van der Waals surface area contributed by atoms with Crippen LogP contribution in [0.5, 0.6) is 5.75 Å². The first-order valence-corrected chi connectivity index (χ1v) is 8.08. The summed E-state index contributed by atoms with van der Waals surface area (Å²) in [5, 5.41) is 3.64. The molecule has 0 aliphatic rings. The molecule has 0 saturated carbocycles. The molecule has 2 rings (SSSR count). The van der Waals surface area contributed by atoms with Gasteiger partial charge in [-0.2, -0.15) is 0 Å². The van der Waals surface area contributed by atoms with Crippen molar-refractivity contribution in [1.29, 1.82) is 0 Å². The minimum Gasteiger partial charge on any atom is -0.497 e. The van der Waals surface area contributed by atoms with Crippen molar-refractivity contribution in [1.82, 2.24) is 5.32 Å². The number of halogens is 1. The molecule has 0 spiro atoms. The molecule has 3 heteroatoms. The number of hydrogen-bond donors (Lipinski definition) is 1. The molecular weight excluding hydrogens is 326 g/mol. The summed E-state index contributed by atoms with van der Waals surface area (Å²) in [5.41, 5.74) is 3.74. The Balaban J connectivity index is 2.44. The second-order valence-corrected chi connectivity index (χ2v) is 6.04. The third-order valence-corrected chi connectivity index (χ3v) is 4.21. The molecule has 2 aromatic carbocycles. The Kier molecular flexibility index (Phi) is 5.83. The van der Waals surface area contributed by atoms with Gasteiger partial charge in [-0.25, -0.2) is 0 Å². The quantitative estimate of drug-likeness (QED) is 0.805. The maximum atomic E-state index is 5.36. The lowest BCUT2D eigenvalue weighted by atomic mass is 9.97. The fourth-order valence-corrected chi connectivity index (χ4v) is 2.88. The van der Waals surface area contributed by atoms with Gasteiger partial charge in [-0.05, 0) is 49.2 Å². The number of nitrogens with one attached hydrogen (secondary N) is 1. The van der Waals surface area contributed by atoms with Crippen LogP contribution in [0.15, 0.2) is 46.9 Å². The van der Waals surface area contributed by atoms with Gasteiger partial charge in [0.25, 0.3) is 0 Å². The van der Waals surface area contributed by atoms with Crippen molar-refractivity contribution < 1.29 is 4.74 Å². The summed E-state index contributed by atoms with van der Waals surface area (Å²) in [6, 6.07) is 14.9. The normalized spacial score (nSPS) is 12.2. The van der Waals surface area contributed by atoms with Crippen molar-refractivity contribution in [2.45, 2.75) is 26.3 Å². The lowest BCUT2D eigenvalue weighted by Crippen LogP contribution is -2.23. The van der Waals surface area contributed by atoms with Crippen LogP contribution in [-0.2, 0) is 0 Å². The van der Waals surface area contributed by atoms with Gasteiger partial charge in [-0.1, -0.05) is 52.7 Å². The zero-order valence-electron chi connectivity index (χ0n) is 12.8. The second kappa shape index (κ2) is 7.62. The first-order valence-electron chi connectivity index (χ1n) is 7.29. The molecule has 0 saturated heterocycles. The summed E-state index contributed by atoms with van der Waals surface area (Å²) < 4.78 is 6.49. The molecule has 0 aliphatic heterocycles. The summed E-state index contributed by atoms with van der Waals surface area (Å²) in [7, 11) is 1.70. The first kappa shape index (κ1) is 16.1. The van der Waals surface area contributed by atoms with Gasteiger partial charge in [0.2, 0.25) is 0 Å². The van der Waals surface area contributed by atoms with Crippen molar-refractivity contribution in [2.75, 3.05) is 13.7 Å². The van der Waals surface area contributed by atoms with Crippen molar-refractivity contribution >= 4 is 15.9 Å². The van der Waals surface area contributed by atoms with Gasteiger partial charge in [0, 0.05) is 4.47 Å². The first-order chi connectivity index (χ1) is 10.2. The molecule has 0 aromatic heterocycles. The van der Waals surface area contributed by atoms with Crippen LogP contribution in [0.3, 0.4) is 0 Å². The van der Waals surface area contributed by atoms with Crippen LogP contribution in [0.1, 0.15) is 36.1 Å². The highest BCUT2D eigenvalue weighted by Crippen LogP contribution is 2.31. The predicted octanol–water partition coefficient (Wildman–Crippen LogP) is 4.86. The van der Waals surface area contributed by atoms with Gasteiger partial charge < -0.3 is 10.1 Å². The summed E-state index contributed by atoms with van der Waals surface area (Å²) >= 11 is 3.68. The van der Waals surface area contributed by atoms with Crippen LogP contribution in [0.25, 0.3) is 0 Å². The summed E-state index contributed by atoms with van der Waals surface area (Å²) in [6.45, 7) is 5.28. The Bertz CT molecular complexity index is 598. The maximum Gasteiger partial charge on any atom is 0.119 e. The Morgan fingerprint density at radius 3 is 2.71 bits per heavy atom. The number of aryl methyl sites for hydroxylation is 1. The van der Waals surface area contributed by atoms with Crippen LogP contribution >= 0.6 is 15.9 Å². The number of hydrogen-bond acceptors (Lipinski definition) is 2. The minimum atomic E-state index is 0.161. The van der Waals surface area contributed by atoms with E-state index < -0.39 is 0 Å². The van der Waals surface area contributed by atoms with Crippen molar-refractivity contribution in [3.63, 3.8) is 0 Å². The van der Waals surface area contributed by atoms with Crippen LogP contribution < -0.4 is 10.1 Å². The number of benzene rings is 2. The molecule has 0 bridgehead atoms. The molecule has 0 radical (unpaired) electrons. The fraction of sp³-hybridized carbons (Fsp3) is 0.333. The van der Waals surface area contributed by atoms with E-state index in [1.807, 2.05) is 12.1 Å². The highest BCUT2D eigenvalue weighted by molar-refractivity contribution is 9.10. The van der Waals surface area contributed by atoms with E-state index in [0.717, 1.165) is 23.2 Å². The third kappa shape index (κ3) is 4.08. The zero-order chi connectivity index (χ0) is 15.2. The average molecular weight is 348 g/mol. The van der Waals surface area contributed by atoms with E-state index in [4.69, 9.17) is 4.74 Å². The van der Waals surface area contributed by atoms with Crippen LogP contribution in [0.2, 0.25) is 0 Å². The molecule has 0 aliphatic carbocycles. The monoisotopic (exact) mass is 347 g/mol. The average Bonchev–Trinajstić information content (AvgIpc) is 2.51. The fourth-order valence-electron chi connectivity index (χ4n) is 2.40. The number of rotatable bonds is 6. The summed E-state index contributed by atoms with van der Waals surface area (Å²) in [6.07, 6.45) is 1.10. The molecular formula is C18H22BrNO. The molecule has 112 valence electrons. The lowest BCUT2D eigenvalue weighted by Gasteiger charge is -2.22. The molecule has 1 unspecified atom stereocenters. The van der Waals surface area contributed by atoms with E-state index in [1.54, 1.807) is 7.11 Å². The Hall–Kier alpha value is -1.32. The Morgan fingerprint density at radius 2 is 2.00 bits per heavy atom. The SMILES string of the molecule is CCCNC(c1cccc(OC)c1)c1cc(C)ccc1Br. The van der Waals surface area contributed by atoms with E-state index in [9.17, 15) is 0 Å². The highest BCUT2D eigenvalue weighted by atomic mass is 79.9. The van der Waals surface area contributed by atoms with Gasteiger partial charge in [0.1, 0.15) is 5.75 Å². The predicted molar refractivity (Wildman–Crippen MR) is 92.0 cm³/mol. The standard InChI is InChI=1S/C18H22BrNO/c1-4-10-20-18(14-6-5-7-15(12-14)21-3)16-11-13(2)8-9-17(16)19/h5-9,11-12,18,20H,4,10H2,1-3H3. The van der Waals surface area contributed by atoms with Crippen molar-refractivity contribution in [2.24, 2.45) is 0 Å². The van der Waals surface area contributed by atoms with E-state index in [0.29, 0.717) is 0 Å². The maximum absolute atomic E-state index is 5.36. The van der Waals surface area contributed by atoms with E-state index in [1.165, 1.54) is 16.7 Å². The van der Waals surface area contributed by atoms with Crippen LogP contribution in [0.4, 0.5) is 0 Å². The van der Waals surface area contributed by atoms with Gasteiger partial charge in [0.05, 0.1) is 13.2 Å². The second-order valence-electron chi connectivity index (χ2n) is 5.19. The molecule has 0 heterocycles. The summed E-state index contributed by atoms with van der Waals surface area (Å²) in [5.74, 6) is 0.888. The highest BCUT2D eigenvalue weighted by Gasteiger charge is 2.16. The topological polar surface area (TPSA) is 21.3 Å². The molecule has 2 aromatic rings. The Morgan fingerprint density at radius 1 is 1.19 bits per heavy atom. The molecule has 1 atom stereocenters. The van der Waals surface area contributed by atoms with Crippen molar-refractivity contribution in [3.8, 4) is 5.75 Å². The van der Waals surface area contributed by atoms with E-state index in [2.05, 4.69) is 65.4 Å². The van der Waals surface area contributed by atoms with Gasteiger partial charge in [-0.15, -0.1) is 0 Å². The lowest BCUT2D eigenvalue weighted by molar-refractivity contribution is 0.413. The van der Waals surface area contributed by atoms with Crippen LogP contribution in [-0.4, -0.2) is 13.7 Å². The minimum absolute atomic E-state index is 0.161. The largest absolute Gasteiger partial charge is 0.497 e. The molecule has 21 heavy (non-hydrogen) atoms. The van der Waals surface area contributed by atoms with E-state index in [-0.39, 0.29) is 6.04 Å². The van der Waals surface area contributed by atoms with Gasteiger partial charge >= 0.3 is 0 Å². The molecule has 2 nitrogen and oxygen atoms in total. The smallest absolute Gasteiger partial charge is 0.119 e. The Labute approximate surface area is 135 Å².